The SMILES string of the molecule is Cc1cc(C(=O)C2CCC(C(C)(C)C)CC2)c(C)s1. The molecule has 1 heterocycles. The first-order valence-corrected chi connectivity index (χ1v) is 8.22. The van der Waals surface area contributed by atoms with Gasteiger partial charge in [-0.1, -0.05) is 20.8 Å². The van der Waals surface area contributed by atoms with Crippen molar-refractivity contribution in [1.29, 1.82) is 0 Å². The Bertz CT molecular complexity index is 456. The molecule has 0 N–H and O–H groups in total. The zero-order valence-electron chi connectivity index (χ0n) is 12.9. The van der Waals surface area contributed by atoms with Gasteiger partial charge in [-0.15, -0.1) is 11.3 Å². The Labute approximate surface area is 121 Å². The summed E-state index contributed by atoms with van der Waals surface area (Å²) in [5, 5.41) is 0. The van der Waals surface area contributed by atoms with E-state index >= 15 is 0 Å². The van der Waals surface area contributed by atoms with Gasteiger partial charge in [0.25, 0.3) is 0 Å². The molecule has 1 nitrogen and oxygen atoms in total. The molecular formula is C17H26OS. The van der Waals surface area contributed by atoms with Crippen LogP contribution < -0.4 is 0 Å². The third-order valence-corrected chi connectivity index (χ3v) is 5.60. The lowest BCUT2D eigenvalue weighted by molar-refractivity contribution is 0.0819. The van der Waals surface area contributed by atoms with Crippen LogP contribution in [0.3, 0.4) is 0 Å². The molecule has 1 aliphatic rings. The topological polar surface area (TPSA) is 17.1 Å². The van der Waals surface area contributed by atoms with E-state index in [4.69, 9.17) is 0 Å². The van der Waals surface area contributed by atoms with Gasteiger partial charge in [-0.05, 0) is 56.9 Å². The van der Waals surface area contributed by atoms with Crippen molar-refractivity contribution in [3.63, 3.8) is 0 Å². The van der Waals surface area contributed by atoms with Crippen molar-refractivity contribution in [3.8, 4) is 0 Å². The molecular weight excluding hydrogens is 252 g/mol. The number of hydrogen-bond acceptors (Lipinski definition) is 2. The summed E-state index contributed by atoms with van der Waals surface area (Å²) in [6, 6.07) is 2.08. The first-order chi connectivity index (χ1) is 8.79. The van der Waals surface area contributed by atoms with Gasteiger partial charge in [-0.25, -0.2) is 0 Å². The summed E-state index contributed by atoms with van der Waals surface area (Å²) in [7, 11) is 0. The minimum atomic E-state index is 0.270. The van der Waals surface area contributed by atoms with Crippen LogP contribution in [0, 0.1) is 31.1 Å². The molecule has 0 saturated heterocycles. The molecule has 0 atom stereocenters. The van der Waals surface area contributed by atoms with Crippen LogP contribution in [0.2, 0.25) is 0 Å². The van der Waals surface area contributed by atoms with E-state index in [1.807, 2.05) is 0 Å². The van der Waals surface area contributed by atoms with Crippen molar-refractivity contribution in [1.82, 2.24) is 0 Å². The Hall–Kier alpha value is -0.630. The Morgan fingerprint density at radius 3 is 2.16 bits per heavy atom. The van der Waals surface area contributed by atoms with Crippen LogP contribution >= 0.6 is 11.3 Å². The maximum Gasteiger partial charge on any atom is 0.167 e. The molecule has 106 valence electrons. The molecule has 1 fully saturated rings. The Kier molecular flexibility index (Phi) is 4.20. The predicted molar refractivity (Wildman–Crippen MR) is 83.0 cm³/mol. The zero-order valence-corrected chi connectivity index (χ0v) is 13.7. The smallest absolute Gasteiger partial charge is 0.167 e. The van der Waals surface area contributed by atoms with E-state index < -0.39 is 0 Å². The van der Waals surface area contributed by atoms with Gasteiger partial charge in [0.05, 0.1) is 0 Å². The van der Waals surface area contributed by atoms with E-state index in [1.165, 1.54) is 22.6 Å². The third kappa shape index (κ3) is 3.28. The van der Waals surface area contributed by atoms with Crippen LogP contribution in [-0.2, 0) is 0 Å². The summed E-state index contributed by atoms with van der Waals surface area (Å²) in [6.07, 6.45) is 4.58. The summed E-state index contributed by atoms with van der Waals surface area (Å²) in [5.41, 5.74) is 1.38. The predicted octanol–water partition coefficient (Wildman–Crippen LogP) is 5.40. The summed E-state index contributed by atoms with van der Waals surface area (Å²) in [4.78, 5) is 15.0. The first kappa shape index (κ1) is 14.8. The van der Waals surface area contributed by atoms with E-state index in [2.05, 4.69) is 40.7 Å². The van der Waals surface area contributed by atoms with E-state index in [0.717, 1.165) is 24.3 Å². The van der Waals surface area contributed by atoms with Gasteiger partial charge >= 0.3 is 0 Å². The van der Waals surface area contributed by atoms with Crippen molar-refractivity contribution >= 4 is 17.1 Å². The van der Waals surface area contributed by atoms with Crippen LogP contribution in [0.5, 0.6) is 0 Å². The number of aryl methyl sites for hydroxylation is 2. The molecule has 0 spiro atoms. The number of Topliss-reactive ketones (excluding diaryl/α,β-unsaturated/α-hetero) is 1. The van der Waals surface area contributed by atoms with Gasteiger partial charge in [-0.2, -0.15) is 0 Å². The standard InChI is InChI=1S/C17H26OS/c1-11-10-15(12(2)19-11)16(18)13-6-8-14(9-7-13)17(3,4)5/h10,13-14H,6-9H2,1-5H3. The molecule has 0 aromatic carbocycles. The van der Waals surface area contributed by atoms with Crippen LogP contribution in [-0.4, -0.2) is 5.78 Å². The lowest BCUT2D eigenvalue weighted by atomic mass is 9.69. The summed E-state index contributed by atoms with van der Waals surface area (Å²) < 4.78 is 0. The molecule has 2 rings (SSSR count). The van der Waals surface area contributed by atoms with E-state index in [1.54, 1.807) is 11.3 Å². The van der Waals surface area contributed by atoms with Gasteiger partial charge < -0.3 is 0 Å². The van der Waals surface area contributed by atoms with E-state index in [9.17, 15) is 4.79 Å². The molecule has 0 unspecified atom stereocenters. The van der Waals surface area contributed by atoms with E-state index in [0.29, 0.717) is 11.2 Å². The maximum absolute atomic E-state index is 12.6. The molecule has 0 bridgehead atoms. The van der Waals surface area contributed by atoms with E-state index in [-0.39, 0.29) is 5.92 Å². The normalized spacial score (nSPS) is 24.5. The second-order valence-electron chi connectivity index (χ2n) is 7.11. The number of rotatable bonds is 2. The number of carbonyl (C=O) groups excluding carboxylic acids is 1. The average Bonchev–Trinajstić information content (AvgIpc) is 2.66. The van der Waals surface area contributed by atoms with Gasteiger partial charge in [-0.3, -0.25) is 4.79 Å². The van der Waals surface area contributed by atoms with Gasteiger partial charge in [0.1, 0.15) is 0 Å². The molecule has 0 radical (unpaired) electrons. The quantitative estimate of drug-likeness (QED) is 0.662. The molecule has 2 heteroatoms. The second-order valence-corrected chi connectivity index (χ2v) is 8.57. The fourth-order valence-electron chi connectivity index (χ4n) is 3.32. The molecule has 0 amide bonds. The molecule has 1 saturated carbocycles. The van der Waals surface area contributed by atoms with Crippen LogP contribution in [0.1, 0.15) is 66.6 Å². The minimum Gasteiger partial charge on any atom is -0.294 e. The summed E-state index contributed by atoms with van der Waals surface area (Å²) in [5.74, 6) is 1.45. The Balaban J connectivity index is 2.02. The lowest BCUT2D eigenvalue weighted by Gasteiger charge is -2.36. The van der Waals surface area contributed by atoms with Crippen molar-refractivity contribution < 1.29 is 4.79 Å². The maximum atomic E-state index is 12.6. The number of hydrogen-bond donors (Lipinski definition) is 0. The van der Waals surface area contributed by atoms with Crippen molar-refractivity contribution in [2.75, 3.05) is 0 Å². The first-order valence-electron chi connectivity index (χ1n) is 7.40. The number of carbonyl (C=O) groups is 1. The third-order valence-electron chi connectivity index (χ3n) is 4.63. The molecule has 1 aromatic rings. The number of thiophene rings is 1. The highest BCUT2D eigenvalue weighted by Gasteiger charge is 2.33. The highest BCUT2D eigenvalue weighted by Crippen LogP contribution is 2.41. The largest absolute Gasteiger partial charge is 0.294 e. The van der Waals surface area contributed by atoms with Crippen LogP contribution in [0.15, 0.2) is 6.07 Å². The Morgan fingerprint density at radius 1 is 1.16 bits per heavy atom. The van der Waals surface area contributed by atoms with Crippen molar-refractivity contribution in [3.05, 3.63) is 21.4 Å². The Morgan fingerprint density at radius 2 is 1.74 bits per heavy atom. The highest BCUT2D eigenvalue weighted by molar-refractivity contribution is 7.12. The number of ketones is 1. The van der Waals surface area contributed by atoms with Crippen molar-refractivity contribution in [2.45, 2.75) is 60.3 Å². The molecule has 1 aromatic heterocycles. The fraction of sp³-hybridized carbons (Fsp3) is 0.706. The molecule has 1 aliphatic carbocycles. The fourth-order valence-corrected chi connectivity index (χ4v) is 4.25. The highest BCUT2D eigenvalue weighted by atomic mass is 32.1. The van der Waals surface area contributed by atoms with Gasteiger partial charge in [0.15, 0.2) is 5.78 Å². The minimum absolute atomic E-state index is 0.270. The second kappa shape index (κ2) is 5.40. The molecule has 19 heavy (non-hydrogen) atoms. The van der Waals surface area contributed by atoms with Gasteiger partial charge in [0.2, 0.25) is 0 Å². The average molecular weight is 278 g/mol. The van der Waals surface area contributed by atoms with Crippen LogP contribution in [0.25, 0.3) is 0 Å². The molecule has 0 aliphatic heterocycles. The van der Waals surface area contributed by atoms with Crippen molar-refractivity contribution in [2.24, 2.45) is 17.3 Å². The lowest BCUT2D eigenvalue weighted by Crippen LogP contribution is -2.28. The monoisotopic (exact) mass is 278 g/mol. The van der Waals surface area contributed by atoms with Crippen LogP contribution in [0.4, 0.5) is 0 Å². The summed E-state index contributed by atoms with van der Waals surface area (Å²) in [6.45, 7) is 11.1. The summed E-state index contributed by atoms with van der Waals surface area (Å²) >= 11 is 1.75. The van der Waals surface area contributed by atoms with Gasteiger partial charge in [0, 0.05) is 21.2 Å². The zero-order chi connectivity index (χ0) is 14.2.